The van der Waals surface area contributed by atoms with Gasteiger partial charge in [0.25, 0.3) is 0 Å². The van der Waals surface area contributed by atoms with Crippen LogP contribution in [0.25, 0.3) is 0 Å². The Morgan fingerprint density at radius 1 is 1.55 bits per heavy atom. The highest BCUT2D eigenvalue weighted by Crippen LogP contribution is 2.20. The van der Waals surface area contributed by atoms with E-state index in [2.05, 4.69) is 36.4 Å². The smallest absolute Gasteiger partial charge is 0.226 e. The van der Waals surface area contributed by atoms with Crippen molar-refractivity contribution in [2.24, 2.45) is 5.92 Å². The molecule has 1 fully saturated rings. The fourth-order valence-electron chi connectivity index (χ4n) is 2.49. The highest BCUT2D eigenvalue weighted by Gasteiger charge is 2.25. The minimum atomic E-state index is 0.0224. The van der Waals surface area contributed by atoms with Gasteiger partial charge in [0.15, 0.2) is 5.13 Å². The molecule has 1 aliphatic heterocycles. The van der Waals surface area contributed by atoms with Gasteiger partial charge in [0.2, 0.25) is 5.91 Å². The number of aromatic nitrogens is 1. The van der Waals surface area contributed by atoms with Gasteiger partial charge in [-0.2, -0.15) is 0 Å². The number of thiazole rings is 1. The molecule has 0 bridgehead atoms. The Kier molecular flexibility index (Phi) is 6.20. The summed E-state index contributed by atoms with van der Waals surface area (Å²) in [5.41, 5.74) is 0.827. The lowest BCUT2D eigenvalue weighted by Gasteiger charge is -2.19. The molecule has 2 N–H and O–H groups in total. The van der Waals surface area contributed by atoms with Crippen LogP contribution in [0.4, 0.5) is 5.13 Å². The monoisotopic (exact) mass is 325 g/mol. The summed E-state index contributed by atoms with van der Waals surface area (Å²) >= 11 is 1.56. The van der Waals surface area contributed by atoms with E-state index in [1.807, 2.05) is 12.3 Å². The molecular formula is C16H27N3O2S. The van der Waals surface area contributed by atoms with Crippen LogP contribution in [0.1, 0.15) is 46.2 Å². The van der Waals surface area contributed by atoms with Crippen LogP contribution in [0.15, 0.2) is 5.38 Å². The molecule has 4 atom stereocenters. The molecule has 6 heteroatoms. The first-order chi connectivity index (χ1) is 10.5. The van der Waals surface area contributed by atoms with Crippen LogP contribution in [0.2, 0.25) is 0 Å². The van der Waals surface area contributed by atoms with Crippen molar-refractivity contribution in [3.63, 3.8) is 0 Å². The van der Waals surface area contributed by atoms with Gasteiger partial charge in [-0.05, 0) is 26.2 Å². The molecule has 0 aliphatic carbocycles. The predicted molar refractivity (Wildman–Crippen MR) is 90.3 cm³/mol. The number of anilines is 1. The van der Waals surface area contributed by atoms with Crippen molar-refractivity contribution in [3.05, 3.63) is 11.1 Å². The van der Waals surface area contributed by atoms with E-state index < -0.39 is 0 Å². The molecule has 1 amide bonds. The first-order valence-corrected chi connectivity index (χ1v) is 8.99. The second kappa shape index (κ2) is 7.92. The van der Waals surface area contributed by atoms with Gasteiger partial charge in [-0.3, -0.25) is 4.79 Å². The minimum absolute atomic E-state index is 0.0224. The Hall–Kier alpha value is -1.14. The number of rotatable bonds is 7. The number of amides is 1. The zero-order valence-corrected chi connectivity index (χ0v) is 14.7. The number of carbonyl (C=O) groups is 1. The molecule has 0 radical (unpaired) electrons. The van der Waals surface area contributed by atoms with E-state index in [1.54, 1.807) is 11.3 Å². The Labute approximate surface area is 136 Å². The standard InChI is InChI=1S/C16H27N3O2S/c1-5-10(2)11(3)17-16-18-13(9-22-16)8-15(20)19-14-6-7-21-12(14)4/h9-12,14H,5-8H2,1-4H3,(H,17,18)(H,19,20)/t10?,11?,12-,14-/m1/s1. The molecule has 2 unspecified atom stereocenters. The van der Waals surface area contributed by atoms with Crippen molar-refractivity contribution in [2.45, 2.75) is 65.1 Å². The zero-order chi connectivity index (χ0) is 16.1. The van der Waals surface area contributed by atoms with E-state index in [4.69, 9.17) is 4.74 Å². The second-order valence-corrected chi connectivity index (χ2v) is 7.04. The number of carbonyl (C=O) groups excluding carboxylic acids is 1. The number of hydrogen-bond donors (Lipinski definition) is 2. The predicted octanol–water partition coefficient (Wildman–Crippen LogP) is 2.83. The Morgan fingerprint density at radius 2 is 2.32 bits per heavy atom. The third-order valence-corrected chi connectivity index (χ3v) is 5.29. The average molecular weight is 325 g/mol. The Balaban J connectivity index is 1.82. The van der Waals surface area contributed by atoms with E-state index in [-0.39, 0.29) is 18.1 Å². The fourth-order valence-corrected chi connectivity index (χ4v) is 3.30. The average Bonchev–Trinajstić information content (AvgIpc) is 3.08. The van der Waals surface area contributed by atoms with Gasteiger partial charge in [-0.1, -0.05) is 20.3 Å². The maximum Gasteiger partial charge on any atom is 0.226 e. The molecule has 2 rings (SSSR count). The van der Waals surface area contributed by atoms with Crippen LogP contribution in [0.3, 0.4) is 0 Å². The van der Waals surface area contributed by atoms with Gasteiger partial charge in [-0.25, -0.2) is 4.98 Å². The summed E-state index contributed by atoms with van der Waals surface area (Å²) in [6.07, 6.45) is 2.46. The third kappa shape index (κ3) is 4.68. The van der Waals surface area contributed by atoms with Gasteiger partial charge in [0.1, 0.15) is 0 Å². The molecule has 0 aromatic carbocycles. The highest BCUT2D eigenvalue weighted by molar-refractivity contribution is 7.13. The van der Waals surface area contributed by atoms with Crippen LogP contribution in [-0.4, -0.2) is 35.7 Å². The van der Waals surface area contributed by atoms with Crippen molar-refractivity contribution >= 4 is 22.4 Å². The molecule has 1 saturated heterocycles. The summed E-state index contributed by atoms with van der Waals surface area (Å²) in [5.74, 6) is 0.619. The Bertz CT molecular complexity index is 491. The molecule has 2 heterocycles. The first kappa shape index (κ1) is 17.2. The fraction of sp³-hybridized carbons (Fsp3) is 0.750. The molecule has 124 valence electrons. The lowest BCUT2D eigenvalue weighted by atomic mass is 10.0. The Morgan fingerprint density at radius 3 is 2.95 bits per heavy atom. The van der Waals surface area contributed by atoms with Gasteiger partial charge >= 0.3 is 0 Å². The largest absolute Gasteiger partial charge is 0.376 e. The number of nitrogens with one attached hydrogen (secondary N) is 2. The minimum Gasteiger partial charge on any atom is -0.376 e. The molecule has 5 nitrogen and oxygen atoms in total. The summed E-state index contributed by atoms with van der Waals surface area (Å²) in [7, 11) is 0. The summed E-state index contributed by atoms with van der Waals surface area (Å²) in [4.78, 5) is 16.6. The van der Waals surface area contributed by atoms with Crippen LogP contribution in [0.5, 0.6) is 0 Å². The van der Waals surface area contributed by atoms with E-state index in [0.29, 0.717) is 18.4 Å². The van der Waals surface area contributed by atoms with E-state index in [9.17, 15) is 4.79 Å². The topological polar surface area (TPSA) is 63.2 Å². The highest BCUT2D eigenvalue weighted by atomic mass is 32.1. The van der Waals surface area contributed by atoms with E-state index in [0.717, 1.165) is 30.3 Å². The van der Waals surface area contributed by atoms with Crippen LogP contribution < -0.4 is 10.6 Å². The summed E-state index contributed by atoms with van der Waals surface area (Å²) in [5, 5.41) is 9.31. The van der Waals surface area contributed by atoms with Crippen molar-refractivity contribution < 1.29 is 9.53 Å². The molecule has 0 spiro atoms. The van der Waals surface area contributed by atoms with Crippen molar-refractivity contribution in [3.8, 4) is 0 Å². The first-order valence-electron chi connectivity index (χ1n) is 8.11. The lowest BCUT2D eigenvalue weighted by molar-refractivity contribution is -0.121. The summed E-state index contributed by atoms with van der Waals surface area (Å²) in [6.45, 7) is 9.31. The normalized spacial score (nSPS) is 24.0. The molecule has 1 aliphatic rings. The number of nitrogens with zero attached hydrogens (tertiary/aromatic N) is 1. The SMILES string of the molecule is CCC(C)C(C)Nc1nc(CC(=O)N[C@@H]2CCO[C@@H]2C)cs1. The lowest BCUT2D eigenvalue weighted by Crippen LogP contribution is -2.40. The van der Waals surface area contributed by atoms with E-state index in [1.165, 1.54) is 0 Å². The van der Waals surface area contributed by atoms with Crippen LogP contribution in [-0.2, 0) is 16.0 Å². The van der Waals surface area contributed by atoms with Crippen molar-refractivity contribution in [1.82, 2.24) is 10.3 Å². The third-order valence-electron chi connectivity index (χ3n) is 4.46. The quantitative estimate of drug-likeness (QED) is 0.809. The van der Waals surface area contributed by atoms with Gasteiger partial charge in [-0.15, -0.1) is 11.3 Å². The number of ether oxygens (including phenoxy) is 1. The zero-order valence-electron chi connectivity index (χ0n) is 13.9. The molecular weight excluding hydrogens is 298 g/mol. The molecule has 0 saturated carbocycles. The van der Waals surface area contributed by atoms with E-state index >= 15 is 0 Å². The van der Waals surface area contributed by atoms with Gasteiger partial charge in [0.05, 0.1) is 24.3 Å². The molecule has 1 aromatic heterocycles. The maximum atomic E-state index is 12.1. The van der Waals surface area contributed by atoms with Crippen molar-refractivity contribution in [2.75, 3.05) is 11.9 Å². The molecule has 22 heavy (non-hydrogen) atoms. The maximum absolute atomic E-state index is 12.1. The summed E-state index contributed by atoms with van der Waals surface area (Å²) in [6, 6.07) is 0.517. The van der Waals surface area contributed by atoms with Gasteiger partial charge < -0.3 is 15.4 Å². The molecule has 1 aromatic rings. The number of hydrogen-bond acceptors (Lipinski definition) is 5. The van der Waals surface area contributed by atoms with Crippen LogP contribution >= 0.6 is 11.3 Å². The van der Waals surface area contributed by atoms with Gasteiger partial charge in [0, 0.05) is 18.0 Å². The second-order valence-electron chi connectivity index (χ2n) is 6.18. The van der Waals surface area contributed by atoms with Crippen LogP contribution in [0, 0.1) is 5.92 Å². The summed E-state index contributed by atoms with van der Waals surface area (Å²) < 4.78 is 5.46. The van der Waals surface area contributed by atoms with Crippen molar-refractivity contribution in [1.29, 1.82) is 0 Å².